The third kappa shape index (κ3) is 4.49. The minimum Gasteiger partial charge on any atom is -0.333 e. The molecule has 0 saturated heterocycles. The van der Waals surface area contributed by atoms with Gasteiger partial charge in [0.25, 0.3) is 5.91 Å². The molecule has 4 aromatic rings. The Hall–Kier alpha value is -3.23. The van der Waals surface area contributed by atoms with Crippen LogP contribution in [0.2, 0.25) is 5.02 Å². The summed E-state index contributed by atoms with van der Waals surface area (Å²) in [6.45, 7) is 3.15. The van der Waals surface area contributed by atoms with E-state index in [1.807, 2.05) is 42.2 Å². The summed E-state index contributed by atoms with van der Waals surface area (Å²) < 4.78 is 1.69. The normalized spacial score (nSPS) is 13.1. The van der Waals surface area contributed by atoms with Gasteiger partial charge in [-0.3, -0.25) is 4.79 Å². The zero-order valence-corrected chi connectivity index (χ0v) is 19.6. The van der Waals surface area contributed by atoms with Crippen LogP contribution >= 0.6 is 23.4 Å². The Morgan fingerprint density at radius 2 is 1.88 bits per heavy atom. The van der Waals surface area contributed by atoms with Gasteiger partial charge in [0.05, 0.1) is 11.4 Å². The van der Waals surface area contributed by atoms with E-state index >= 15 is 0 Å². The maximum absolute atomic E-state index is 13.6. The largest absolute Gasteiger partial charge is 0.333 e. The maximum atomic E-state index is 13.6. The van der Waals surface area contributed by atoms with Crippen LogP contribution in [0.4, 0.5) is 0 Å². The molecule has 2 aromatic carbocycles. The van der Waals surface area contributed by atoms with Gasteiger partial charge in [0.1, 0.15) is 0 Å². The standard InChI is InChI=1S/C24H21ClN6OS/c1-16-7-8-19(13-20(16)25)31-21(15-33-24-26-10-4-11-27-24)22(28-29-31)23(32)30-12-9-17-5-2-3-6-18(17)14-30/h2-8,10-11,13H,9,12,14-15H2,1H3. The van der Waals surface area contributed by atoms with E-state index in [-0.39, 0.29) is 5.91 Å². The number of hydrogen-bond donors (Lipinski definition) is 0. The molecule has 0 bridgehead atoms. The van der Waals surface area contributed by atoms with Crippen molar-refractivity contribution in [2.45, 2.75) is 30.8 Å². The number of thioether (sulfide) groups is 1. The first-order chi connectivity index (χ1) is 16.1. The second-order valence-electron chi connectivity index (χ2n) is 7.80. The number of carbonyl (C=O) groups excluding carboxylic acids is 1. The van der Waals surface area contributed by atoms with E-state index in [0.717, 1.165) is 17.7 Å². The molecule has 1 aliphatic rings. The van der Waals surface area contributed by atoms with E-state index in [9.17, 15) is 4.79 Å². The number of carbonyl (C=O) groups is 1. The summed E-state index contributed by atoms with van der Waals surface area (Å²) in [7, 11) is 0. The molecule has 0 atom stereocenters. The molecule has 0 fully saturated rings. The summed E-state index contributed by atoms with van der Waals surface area (Å²) >= 11 is 7.80. The smallest absolute Gasteiger partial charge is 0.276 e. The second-order valence-corrected chi connectivity index (χ2v) is 9.15. The van der Waals surface area contributed by atoms with Crippen LogP contribution in [0.25, 0.3) is 5.69 Å². The number of halogens is 1. The fraction of sp³-hybridized carbons (Fsp3) is 0.208. The van der Waals surface area contributed by atoms with E-state index in [1.165, 1.54) is 22.9 Å². The van der Waals surface area contributed by atoms with Crippen molar-refractivity contribution >= 4 is 29.3 Å². The number of aryl methyl sites for hydroxylation is 1. The van der Waals surface area contributed by atoms with Crippen molar-refractivity contribution in [3.8, 4) is 5.69 Å². The van der Waals surface area contributed by atoms with Crippen LogP contribution in [-0.2, 0) is 18.7 Å². The first-order valence-corrected chi connectivity index (χ1v) is 11.9. The Kier molecular flexibility index (Phi) is 6.11. The van der Waals surface area contributed by atoms with E-state index < -0.39 is 0 Å². The monoisotopic (exact) mass is 476 g/mol. The van der Waals surface area contributed by atoms with Crippen LogP contribution in [-0.4, -0.2) is 42.3 Å². The molecule has 33 heavy (non-hydrogen) atoms. The van der Waals surface area contributed by atoms with E-state index in [1.54, 1.807) is 23.1 Å². The van der Waals surface area contributed by atoms with Gasteiger partial charge in [-0.2, -0.15) is 0 Å². The van der Waals surface area contributed by atoms with Crippen molar-refractivity contribution in [3.63, 3.8) is 0 Å². The van der Waals surface area contributed by atoms with Crippen LogP contribution < -0.4 is 0 Å². The van der Waals surface area contributed by atoms with Crippen LogP contribution in [0, 0.1) is 6.92 Å². The van der Waals surface area contributed by atoms with Gasteiger partial charge in [-0.15, -0.1) is 5.10 Å². The number of fused-ring (bicyclic) bond motifs is 1. The van der Waals surface area contributed by atoms with Crippen molar-refractivity contribution in [3.05, 3.63) is 94.0 Å². The lowest BCUT2D eigenvalue weighted by Gasteiger charge is -2.28. The highest BCUT2D eigenvalue weighted by molar-refractivity contribution is 7.98. The molecular formula is C24H21ClN6OS. The van der Waals surface area contributed by atoms with Crippen LogP contribution in [0.15, 0.2) is 66.1 Å². The average Bonchev–Trinajstić information content (AvgIpc) is 3.28. The summed E-state index contributed by atoms with van der Waals surface area (Å²) in [4.78, 5) is 24.0. The van der Waals surface area contributed by atoms with Gasteiger partial charge in [0.2, 0.25) is 0 Å². The van der Waals surface area contributed by atoms with Gasteiger partial charge >= 0.3 is 0 Å². The summed E-state index contributed by atoms with van der Waals surface area (Å²) in [6, 6.07) is 15.7. The van der Waals surface area contributed by atoms with Crippen molar-refractivity contribution in [2.75, 3.05) is 6.54 Å². The molecule has 1 aliphatic heterocycles. The molecule has 0 saturated carbocycles. The van der Waals surface area contributed by atoms with Gasteiger partial charge in [0, 0.05) is 36.3 Å². The second kappa shape index (κ2) is 9.33. The molecule has 1 amide bonds. The first-order valence-electron chi connectivity index (χ1n) is 10.6. The van der Waals surface area contributed by atoms with Crippen LogP contribution in [0.5, 0.6) is 0 Å². The Morgan fingerprint density at radius 3 is 2.67 bits per heavy atom. The zero-order chi connectivity index (χ0) is 22.8. The summed E-state index contributed by atoms with van der Waals surface area (Å²) in [6.07, 6.45) is 4.22. The molecule has 9 heteroatoms. The minimum absolute atomic E-state index is 0.126. The Bertz CT molecular complexity index is 1310. The zero-order valence-electron chi connectivity index (χ0n) is 18.0. The lowest BCUT2D eigenvalue weighted by atomic mass is 9.99. The van der Waals surface area contributed by atoms with Crippen molar-refractivity contribution in [1.82, 2.24) is 29.9 Å². The number of amides is 1. The molecule has 5 rings (SSSR count). The van der Waals surface area contributed by atoms with Crippen LogP contribution in [0.3, 0.4) is 0 Å². The predicted octanol–water partition coefficient (Wildman–Crippen LogP) is 4.51. The first kappa shape index (κ1) is 21.6. The lowest BCUT2D eigenvalue weighted by molar-refractivity contribution is 0.0727. The number of aromatic nitrogens is 5. The Labute approximate surface area is 200 Å². The van der Waals surface area contributed by atoms with Crippen molar-refractivity contribution in [1.29, 1.82) is 0 Å². The molecule has 0 aliphatic carbocycles. The van der Waals surface area contributed by atoms with Gasteiger partial charge in [0.15, 0.2) is 10.9 Å². The maximum Gasteiger partial charge on any atom is 0.276 e. The summed E-state index contributed by atoms with van der Waals surface area (Å²) in [5.74, 6) is 0.312. The van der Waals surface area contributed by atoms with Gasteiger partial charge < -0.3 is 4.90 Å². The van der Waals surface area contributed by atoms with Crippen LogP contribution in [0.1, 0.15) is 32.9 Å². The average molecular weight is 477 g/mol. The number of benzene rings is 2. The Balaban J connectivity index is 1.49. The molecule has 3 heterocycles. The van der Waals surface area contributed by atoms with Gasteiger partial charge in [-0.05, 0) is 48.2 Å². The molecule has 2 aromatic heterocycles. The highest BCUT2D eigenvalue weighted by atomic mass is 35.5. The van der Waals surface area contributed by atoms with Crippen molar-refractivity contribution < 1.29 is 4.79 Å². The number of hydrogen-bond acceptors (Lipinski definition) is 6. The quantitative estimate of drug-likeness (QED) is 0.311. The molecule has 0 unspecified atom stereocenters. The molecule has 0 spiro atoms. The molecule has 0 radical (unpaired) electrons. The molecule has 7 nitrogen and oxygen atoms in total. The number of nitrogens with zero attached hydrogens (tertiary/aromatic N) is 6. The van der Waals surface area contributed by atoms with E-state index in [0.29, 0.717) is 40.4 Å². The SMILES string of the molecule is Cc1ccc(-n2nnc(C(=O)N3CCc4ccccc4C3)c2CSc2ncccn2)cc1Cl. The van der Waals surface area contributed by atoms with Crippen molar-refractivity contribution in [2.24, 2.45) is 0 Å². The number of rotatable bonds is 5. The van der Waals surface area contributed by atoms with Gasteiger partial charge in [-0.25, -0.2) is 14.6 Å². The van der Waals surface area contributed by atoms with E-state index in [4.69, 9.17) is 11.6 Å². The topological polar surface area (TPSA) is 76.8 Å². The minimum atomic E-state index is -0.126. The highest BCUT2D eigenvalue weighted by Gasteiger charge is 2.28. The molecule has 166 valence electrons. The molecular weight excluding hydrogens is 456 g/mol. The fourth-order valence-corrected chi connectivity index (χ4v) is 4.80. The van der Waals surface area contributed by atoms with Gasteiger partial charge in [-0.1, -0.05) is 58.9 Å². The highest BCUT2D eigenvalue weighted by Crippen LogP contribution is 2.27. The molecule has 0 N–H and O–H groups in total. The summed E-state index contributed by atoms with van der Waals surface area (Å²) in [5, 5.41) is 9.90. The summed E-state index contributed by atoms with van der Waals surface area (Å²) in [5.41, 5.74) is 5.22. The fourth-order valence-electron chi connectivity index (χ4n) is 3.83. The third-order valence-corrected chi connectivity index (χ3v) is 6.96. The Morgan fingerprint density at radius 1 is 1.09 bits per heavy atom. The predicted molar refractivity (Wildman–Crippen MR) is 128 cm³/mol. The third-order valence-electron chi connectivity index (χ3n) is 5.66. The lowest BCUT2D eigenvalue weighted by Crippen LogP contribution is -2.36. The van der Waals surface area contributed by atoms with E-state index in [2.05, 4.69) is 32.4 Å².